The summed E-state index contributed by atoms with van der Waals surface area (Å²) in [7, 11) is 2.07. The predicted octanol–water partition coefficient (Wildman–Crippen LogP) is 4.65. The Kier molecular flexibility index (Phi) is 4.84. The highest BCUT2D eigenvalue weighted by Gasteiger charge is 2.32. The van der Waals surface area contributed by atoms with Gasteiger partial charge in [0, 0.05) is 56.3 Å². The second kappa shape index (κ2) is 7.86. The molecule has 6 nitrogen and oxygen atoms in total. The molecule has 2 fully saturated rings. The molecule has 1 aliphatic heterocycles. The first-order chi connectivity index (χ1) is 15.7. The number of rotatable bonds is 5. The van der Waals surface area contributed by atoms with Gasteiger partial charge in [-0.1, -0.05) is 0 Å². The summed E-state index contributed by atoms with van der Waals surface area (Å²) in [5.74, 6) is 1.38. The van der Waals surface area contributed by atoms with E-state index < -0.39 is 0 Å². The Morgan fingerprint density at radius 3 is 2.59 bits per heavy atom. The van der Waals surface area contributed by atoms with Crippen LogP contribution < -0.4 is 15.1 Å². The van der Waals surface area contributed by atoms with Gasteiger partial charge in [0.05, 0.1) is 17.1 Å². The van der Waals surface area contributed by atoms with Crippen molar-refractivity contribution < 1.29 is 4.39 Å². The molecule has 0 radical (unpaired) electrons. The second-order valence-corrected chi connectivity index (χ2v) is 9.37. The van der Waals surface area contributed by atoms with E-state index in [1.165, 1.54) is 30.7 Å². The molecule has 1 N–H and O–H groups in total. The summed E-state index contributed by atoms with van der Waals surface area (Å²) in [5, 5.41) is 6.36. The number of hydrogen-bond acceptors (Lipinski definition) is 6. The van der Waals surface area contributed by atoms with Crippen molar-refractivity contribution in [3.63, 3.8) is 0 Å². The average molecular weight is 449 g/mol. The van der Waals surface area contributed by atoms with Crippen molar-refractivity contribution in [2.75, 3.05) is 43.0 Å². The number of piperazine rings is 1. The summed E-state index contributed by atoms with van der Waals surface area (Å²) in [5.41, 5.74) is 5.13. The molecule has 0 amide bonds. The van der Waals surface area contributed by atoms with Crippen LogP contribution in [0.1, 0.15) is 24.5 Å². The number of benzene rings is 1. The van der Waals surface area contributed by atoms with Crippen LogP contribution in [0.4, 0.5) is 21.0 Å². The number of hydrogen-bond donors (Lipinski definition) is 1. The number of nitrogens with zero attached hydrogens (tertiary/aromatic N) is 5. The molecule has 1 aromatic carbocycles. The molecule has 8 heteroatoms. The summed E-state index contributed by atoms with van der Waals surface area (Å²) >= 11 is 1.60. The van der Waals surface area contributed by atoms with Crippen molar-refractivity contribution in [2.24, 2.45) is 0 Å². The zero-order chi connectivity index (χ0) is 21.7. The van der Waals surface area contributed by atoms with Crippen LogP contribution in [0.3, 0.4) is 0 Å². The third-order valence-electron chi connectivity index (χ3n) is 6.29. The topological polar surface area (TPSA) is 48.7 Å². The van der Waals surface area contributed by atoms with Gasteiger partial charge in [-0.05, 0) is 49.2 Å². The maximum atomic E-state index is 13.3. The smallest absolute Gasteiger partial charge is 0.191 e. The SMILES string of the molecule is CN(c1nc(-c2ccc(F)cc2)cs1)c1c(C2CC2)nc2ccc(N3CCNCC3)cn12. The minimum absolute atomic E-state index is 0.235. The van der Waals surface area contributed by atoms with Crippen molar-refractivity contribution in [2.45, 2.75) is 18.8 Å². The maximum Gasteiger partial charge on any atom is 0.191 e. The zero-order valence-corrected chi connectivity index (χ0v) is 18.8. The molecule has 1 saturated carbocycles. The Hall–Kier alpha value is -2.97. The number of fused-ring (bicyclic) bond motifs is 1. The number of imidazole rings is 1. The maximum absolute atomic E-state index is 13.3. The van der Waals surface area contributed by atoms with Gasteiger partial charge in [-0.25, -0.2) is 14.4 Å². The molecule has 6 rings (SSSR count). The van der Waals surface area contributed by atoms with Crippen LogP contribution in [0.15, 0.2) is 48.0 Å². The fourth-order valence-corrected chi connectivity index (χ4v) is 5.18. The number of aromatic nitrogens is 3. The van der Waals surface area contributed by atoms with Crippen LogP contribution >= 0.6 is 11.3 Å². The van der Waals surface area contributed by atoms with Crippen LogP contribution in [0, 0.1) is 5.82 Å². The molecule has 32 heavy (non-hydrogen) atoms. The first-order valence-electron chi connectivity index (χ1n) is 11.1. The zero-order valence-electron chi connectivity index (χ0n) is 18.0. The van der Waals surface area contributed by atoms with E-state index in [-0.39, 0.29) is 5.82 Å². The highest BCUT2D eigenvalue weighted by atomic mass is 32.1. The molecule has 1 aliphatic carbocycles. The Balaban J connectivity index is 1.40. The monoisotopic (exact) mass is 448 g/mol. The third-order valence-corrected chi connectivity index (χ3v) is 7.20. The number of pyridine rings is 1. The molecule has 0 spiro atoms. The van der Waals surface area contributed by atoms with Gasteiger partial charge in [-0.3, -0.25) is 4.40 Å². The highest BCUT2D eigenvalue weighted by molar-refractivity contribution is 7.14. The minimum Gasteiger partial charge on any atom is -0.368 e. The van der Waals surface area contributed by atoms with Crippen LogP contribution in [-0.2, 0) is 0 Å². The molecule has 4 heterocycles. The largest absolute Gasteiger partial charge is 0.368 e. The van der Waals surface area contributed by atoms with E-state index in [0.29, 0.717) is 5.92 Å². The Morgan fingerprint density at radius 2 is 1.84 bits per heavy atom. The summed E-state index contributed by atoms with van der Waals surface area (Å²) in [6, 6.07) is 10.8. The van der Waals surface area contributed by atoms with Gasteiger partial charge in [0.25, 0.3) is 0 Å². The fourth-order valence-electron chi connectivity index (χ4n) is 4.38. The van der Waals surface area contributed by atoms with E-state index in [1.807, 2.05) is 5.38 Å². The van der Waals surface area contributed by atoms with Gasteiger partial charge in [-0.2, -0.15) is 0 Å². The molecule has 3 aromatic heterocycles. The lowest BCUT2D eigenvalue weighted by atomic mass is 10.2. The first-order valence-corrected chi connectivity index (χ1v) is 12.0. The first kappa shape index (κ1) is 19.7. The lowest BCUT2D eigenvalue weighted by Crippen LogP contribution is -2.43. The summed E-state index contributed by atoms with van der Waals surface area (Å²) in [6.45, 7) is 4.03. The summed E-state index contributed by atoms with van der Waals surface area (Å²) in [4.78, 5) is 14.5. The Bertz CT molecular complexity index is 1250. The fraction of sp³-hybridized carbons (Fsp3) is 0.333. The molecule has 0 atom stereocenters. The van der Waals surface area contributed by atoms with Crippen molar-refractivity contribution in [1.29, 1.82) is 0 Å². The summed E-state index contributed by atoms with van der Waals surface area (Å²) in [6.07, 6.45) is 4.60. The lowest BCUT2D eigenvalue weighted by Gasteiger charge is -2.29. The van der Waals surface area contributed by atoms with Crippen LogP contribution in [0.5, 0.6) is 0 Å². The molecule has 164 valence electrons. The van der Waals surface area contributed by atoms with Crippen molar-refractivity contribution in [1.82, 2.24) is 19.7 Å². The molecule has 2 aliphatic rings. The van der Waals surface area contributed by atoms with Gasteiger partial charge in [0.2, 0.25) is 0 Å². The van der Waals surface area contributed by atoms with Gasteiger partial charge in [0.1, 0.15) is 17.3 Å². The summed E-state index contributed by atoms with van der Waals surface area (Å²) < 4.78 is 15.5. The standard InChI is InChI=1S/C24H25FN6S/c1-29(24-27-20(15-32-24)16-4-6-18(25)7-5-16)23-22(17-2-3-17)28-21-9-8-19(14-31(21)23)30-12-10-26-11-13-30/h4-9,14-15,17,26H,2-3,10-13H2,1H3. The third kappa shape index (κ3) is 3.53. The average Bonchev–Trinajstić information content (AvgIpc) is 3.43. The van der Waals surface area contributed by atoms with Crippen molar-refractivity contribution in [3.05, 3.63) is 59.5 Å². The van der Waals surface area contributed by atoms with Crippen LogP contribution in [0.25, 0.3) is 16.9 Å². The predicted molar refractivity (Wildman–Crippen MR) is 128 cm³/mol. The molecular formula is C24H25FN6S. The van der Waals surface area contributed by atoms with E-state index in [1.54, 1.807) is 23.5 Å². The lowest BCUT2D eigenvalue weighted by molar-refractivity contribution is 0.588. The minimum atomic E-state index is -0.235. The highest BCUT2D eigenvalue weighted by Crippen LogP contribution is 2.46. The van der Waals surface area contributed by atoms with Gasteiger partial charge in [0.15, 0.2) is 5.13 Å². The van der Waals surface area contributed by atoms with Gasteiger partial charge in [-0.15, -0.1) is 11.3 Å². The van der Waals surface area contributed by atoms with Gasteiger partial charge < -0.3 is 15.1 Å². The van der Waals surface area contributed by atoms with Crippen LogP contribution in [0.2, 0.25) is 0 Å². The van der Waals surface area contributed by atoms with E-state index in [4.69, 9.17) is 9.97 Å². The number of halogens is 1. The quantitative estimate of drug-likeness (QED) is 0.482. The number of nitrogens with one attached hydrogen (secondary N) is 1. The number of thiazole rings is 1. The molecule has 0 unspecified atom stereocenters. The normalized spacial score (nSPS) is 16.6. The number of anilines is 3. The molecular weight excluding hydrogens is 423 g/mol. The van der Waals surface area contributed by atoms with Gasteiger partial charge >= 0.3 is 0 Å². The molecule has 4 aromatic rings. The van der Waals surface area contributed by atoms with Crippen molar-refractivity contribution >= 4 is 33.6 Å². The second-order valence-electron chi connectivity index (χ2n) is 8.53. The van der Waals surface area contributed by atoms with E-state index in [9.17, 15) is 4.39 Å². The van der Waals surface area contributed by atoms with Crippen LogP contribution in [-0.4, -0.2) is 47.6 Å². The molecule has 0 bridgehead atoms. The molecule has 1 saturated heterocycles. The van der Waals surface area contributed by atoms with E-state index in [2.05, 4.69) is 44.9 Å². The van der Waals surface area contributed by atoms with Crippen molar-refractivity contribution in [3.8, 4) is 11.3 Å². The van der Waals surface area contributed by atoms with E-state index in [0.717, 1.165) is 59.7 Å². The Morgan fingerprint density at radius 1 is 1.06 bits per heavy atom. The Labute approximate surface area is 190 Å². The van der Waals surface area contributed by atoms with E-state index >= 15 is 0 Å².